The van der Waals surface area contributed by atoms with Crippen LogP contribution in [0.5, 0.6) is 5.75 Å². The number of hydrogen-bond acceptors (Lipinski definition) is 8. The first-order valence-corrected chi connectivity index (χ1v) is 14.1. The van der Waals surface area contributed by atoms with E-state index < -0.39 is 36.0 Å². The van der Waals surface area contributed by atoms with Gasteiger partial charge in [0.25, 0.3) is 5.91 Å². The Hall–Kier alpha value is -3.12. The van der Waals surface area contributed by atoms with Crippen LogP contribution in [0.1, 0.15) is 47.2 Å². The predicted molar refractivity (Wildman–Crippen MR) is 134 cm³/mol. The largest absolute Gasteiger partial charge is 0.502 e. The van der Waals surface area contributed by atoms with Gasteiger partial charge >= 0.3 is 7.60 Å². The number of aromatic hydroxyl groups is 1. The van der Waals surface area contributed by atoms with Gasteiger partial charge in [0.15, 0.2) is 16.5 Å². The van der Waals surface area contributed by atoms with E-state index in [4.69, 9.17) is 0 Å². The third kappa shape index (κ3) is 4.15. The highest BCUT2D eigenvalue weighted by atomic mass is 32.1. The molecular formula is C23H25FN5O6PS. The number of amides is 1. The Morgan fingerprint density at radius 2 is 1.92 bits per heavy atom. The van der Waals surface area contributed by atoms with Crippen molar-refractivity contribution in [1.29, 1.82) is 0 Å². The van der Waals surface area contributed by atoms with Gasteiger partial charge in [0.2, 0.25) is 5.43 Å². The second-order valence-electron chi connectivity index (χ2n) is 9.26. The van der Waals surface area contributed by atoms with Crippen molar-refractivity contribution in [3.8, 4) is 16.3 Å². The number of aromatic nitrogens is 3. The molecule has 1 saturated carbocycles. The van der Waals surface area contributed by atoms with E-state index in [1.54, 1.807) is 31.1 Å². The summed E-state index contributed by atoms with van der Waals surface area (Å²) >= 11 is 1.14. The molecule has 2 unspecified atom stereocenters. The lowest BCUT2D eigenvalue weighted by Crippen LogP contribution is -2.68. The van der Waals surface area contributed by atoms with Gasteiger partial charge in [-0.25, -0.2) is 4.39 Å². The molecule has 2 aromatic heterocycles. The second-order valence-corrected chi connectivity index (χ2v) is 12.2. The molecule has 0 radical (unpaired) electrons. The Balaban J connectivity index is 1.56. The van der Waals surface area contributed by atoms with Gasteiger partial charge in [-0.3, -0.25) is 23.8 Å². The van der Waals surface area contributed by atoms with Gasteiger partial charge in [0, 0.05) is 32.6 Å². The van der Waals surface area contributed by atoms with Crippen LogP contribution in [0.2, 0.25) is 0 Å². The van der Waals surface area contributed by atoms with Crippen molar-refractivity contribution in [3.05, 3.63) is 62.8 Å². The van der Waals surface area contributed by atoms with Crippen molar-refractivity contribution in [3.63, 3.8) is 0 Å². The molecule has 196 valence electrons. The Morgan fingerprint density at radius 1 is 1.22 bits per heavy atom. The third-order valence-corrected chi connectivity index (χ3v) is 9.59. The maximum atomic E-state index is 13.5. The van der Waals surface area contributed by atoms with Crippen LogP contribution in [0.25, 0.3) is 10.6 Å². The monoisotopic (exact) mass is 549 g/mol. The highest BCUT2D eigenvalue weighted by Gasteiger charge is 2.56. The first-order chi connectivity index (χ1) is 17.5. The quantitative estimate of drug-likeness (QED) is 0.408. The van der Waals surface area contributed by atoms with Crippen LogP contribution in [0.3, 0.4) is 0 Å². The van der Waals surface area contributed by atoms with Crippen LogP contribution in [0, 0.1) is 5.82 Å². The maximum Gasteiger partial charge on any atom is 0.328 e. The minimum absolute atomic E-state index is 0.0355. The van der Waals surface area contributed by atoms with Gasteiger partial charge in [0.05, 0.1) is 11.2 Å². The molecule has 37 heavy (non-hydrogen) atoms. The summed E-state index contributed by atoms with van der Waals surface area (Å²) in [6, 6.07) is 5.94. The summed E-state index contributed by atoms with van der Waals surface area (Å²) in [5, 5.41) is 21.6. The summed E-state index contributed by atoms with van der Waals surface area (Å²) < 4.78 is 26.6. The van der Waals surface area contributed by atoms with Crippen molar-refractivity contribution in [2.45, 2.75) is 43.9 Å². The zero-order chi connectivity index (χ0) is 26.7. The Labute approximate surface area is 214 Å². The van der Waals surface area contributed by atoms with Gasteiger partial charge in [0.1, 0.15) is 16.5 Å². The van der Waals surface area contributed by atoms with E-state index in [0.717, 1.165) is 16.9 Å². The van der Waals surface area contributed by atoms with Gasteiger partial charge in [-0.1, -0.05) is 23.5 Å². The molecule has 5 rings (SSSR count). The third-order valence-electron chi connectivity index (χ3n) is 7.24. The highest BCUT2D eigenvalue weighted by molar-refractivity contribution is 7.52. The Morgan fingerprint density at radius 3 is 2.54 bits per heavy atom. The Bertz CT molecular complexity index is 1490. The molecule has 14 heteroatoms. The van der Waals surface area contributed by atoms with Gasteiger partial charge in [-0.05, 0) is 37.5 Å². The fourth-order valence-corrected chi connectivity index (χ4v) is 7.20. The number of halogens is 1. The fourth-order valence-electron chi connectivity index (χ4n) is 5.32. The van der Waals surface area contributed by atoms with Gasteiger partial charge in [-0.2, -0.15) is 0 Å². The number of rotatable bonds is 5. The standard InChI is InChI=1S/C23H25FN5O6PS/c1-3-28-22(32)18-20(31)19(30)16(21-26-25-17(37-21)10-13-4-6-14(24)7-5-13)12-29(18)27(2)23(28)9-8-15(11-23)36(33,34)35/h4-7,12,15,31H,3,8-11H2,1-2H3,(H2,33,34,35). The first-order valence-electron chi connectivity index (χ1n) is 11.6. The number of carbonyl (C=O) groups excluding carboxylic acids is 1. The lowest BCUT2D eigenvalue weighted by atomic mass is 10.0. The van der Waals surface area contributed by atoms with Crippen molar-refractivity contribution in [2.75, 3.05) is 18.6 Å². The summed E-state index contributed by atoms with van der Waals surface area (Å²) in [5.41, 5.74) is -2.11. The number of fused-ring (bicyclic) bond motifs is 1. The van der Waals surface area contributed by atoms with Crippen molar-refractivity contribution >= 4 is 24.8 Å². The number of pyridine rings is 1. The van der Waals surface area contributed by atoms with E-state index in [-0.39, 0.29) is 41.5 Å². The predicted octanol–water partition coefficient (Wildman–Crippen LogP) is 2.27. The molecule has 1 aromatic carbocycles. The van der Waals surface area contributed by atoms with Crippen molar-refractivity contribution in [2.24, 2.45) is 0 Å². The van der Waals surface area contributed by atoms with E-state index in [1.807, 2.05) is 0 Å². The second kappa shape index (κ2) is 9.02. The first kappa shape index (κ1) is 25.5. The molecule has 1 aliphatic carbocycles. The zero-order valence-electron chi connectivity index (χ0n) is 20.0. The summed E-state index contributed by atoms with van der Waals surface area (Å²) in [6.45, 7) is 1.96. The number of nitrogens with zero attached hydrogens (tertiary/aromatic N) is 5. The molecule has 2 aliphatic rings. The smallest absolute Gasteiger partial charge is 0.328 e. The summed E-state index contributed by atoms with van der Waals surface area (Å²) in [6.07, 6.45) is 2.34. The summed E-state index contributed by atoms with van der Waals surface area (Å²) in [5.74, 6) is -1.68. The van der Waals surface area contributed by atoms with E-state index >= 15 is 0 Å². The molecule has 1 aliphatic heterocycles. The minimum atomic E-state index is -4.39. The zero-order valence-corrected chi connectivity index (χ0v) is 21.7. The van der Waals surface area contributed by atoms with Crippen LogP contribution in [0.4, 0.5) is 4.39 Å². The van der Waals surface area contributed by atoms with E-state index in [2.05, 4.69) is 10.2 Å². The normalized spacial score (nSPS) is 21.6. The highest BCUT2D eigenvalue weighted by Crippen LogP contribution is 2.54. The molecular weight excluding hydrogens is 524 g/mol. The summed E-state index contributed by atoms with van der Waals surface area (Å²) in [4.78, 5) is 47.7. The average Bonchev–Trinajstić information content (AvgIpc) is 3.50. The van der Waals surface area contributed by atoms with E-state index in [9.17, 15) is 33.4 Å². The van der Waals surface area contributed by atoms with Crippen LogP contribution < -0.4 is 10.4 Å². The molecule has 11 nitrogen and oxygen atoms in total. The molecule has 2 atom stereocenters. The molecule has 0 saturated heterocycles. The maximum absolute atomic E-state index is 13.5. The summed E-state index contributed by atoms with van der Waals surface area (Å²) in [7, 11) is -2.73. The lowest BCUT2D eigenvalue weighted by Gasteiger charge is -2.52. The van der Waals surface area contributed by atoms with Crippen molar-refractivity contribution < 1.29 is 28.6 Å². The van der Waals surface area contributed by atoms with Crippen LogP contribution >= 0.6 is 18.9 Å². The molecule has 1 amide bonds. The number of carbonyl (C=O) groups is 1. The fraction of sp³-hybridized carbons (Fsp3) is 0.391. The van der Waals surface area contributed by atoms with Crippen LogP contribution in [0.15, 0.2) is 35.3 Å². The minimum Gasteiger partial charge on any atom is -0.502 e. The van der Waals surface area contributed by atoms with E-state index in [0.29, 0.717) is 17.8 Å². The molecule has 1 spiro atoms. The van der Waals surface area contributed by atoms with E-state index in [1.165, 1.54) is 27.9 Å². The van der Waals surface area contributed by atoms with Crippen LogP contribution in [-0.2, 0) is 11.0 Å². The molecule has 3 aromatic rings. The van der Waals surface area contributed by atoms with Crippen LogP contribution in [-0.4, -0.2) is 65.5 Å². The Kier molecular flexibility index (Phi) is 6.22. The topological polar surface area (TPSA) is 149 Å². The SMILES string of the molecule is CCN1C(=O)c2c(O)c(=O)c(-c3nnc(Cc4ccc(F)cc4)s3)cn2N(C)C12CCC(P(=O)(O)O)C2. The number of hydrogen-bond donors (Lipinski definition) is 3. The van der Waals surface area contributed by atoms with Gasteiger partial charge < -0.3 is 19.8 Å². The molecule has 3 N–H and O–H groups in total. The number of benzene rings is 1. The average molecular weight is 550 g/mol. The van der Waals surface area contributed by atoms with Gasteiger partial charge in [-0.15, -0.1) is 10.2 Å². The lowest BCUT2D eigenvalue weighted by molar-refractivity contribution is 0.0320. The molecule has 1 fully saturated rings. The molecule has 0 bridgehead atoms. The van der Waals surface area contributed by atoms with Crippen molar-refractivity contribution in [1.82, 2.24) is 19.8 Å². The molecule has 3 heterocycles.